The lowest BCUT2D eigenvalue weighted by Gasteiger charge is -2.17. The molecule has 5 heteroatoms. The second-order valence-corrected chi connectivity index (χ2v) is 6.67. The maximum absolute atomic E-state index is 12.8. The minimum atomic E-state index is 0.0236. The van der Waals surface area contributed by atoms with Crippen molar-refractivity contribution in [3.05, 3.63) is 58.4 Å². The lowest BCUT2D eigenvalue weighted by molar-refractivity contribution is 0.0771. The third kappa shape index (κ3) is 3.01. The summed E-state index contributed by atoms with van der Waals surface area (Å²) >= 11 is 5.95. The van der Waals surface area contributed by atoms with Crippen molar-refractivity contribution in [3.63, 3.8) is 0 Å². The first-order valence-electron chi connectivity index (χ1n) is 7.79. The number of aliphatic hydroxyl groups excluding tert-OH is 1. The van der Waals surface area contributed by atoms with E-state index >= 15 is 0 Å². The van der Waals surface area contributed by atoms with Gasteiger partial charge in [-0.25, -0.2) is 0 Å². The molecule has 0 saturated carbocycles. The summed E-state index contributed by atoms with van der Waals surface area (Å²) in [5.41, 5.74) is 2.86. The number of rotatable bonds is 3. The summed E-state index contributed by atoms with van der Waals surface area (Å²) in [5, 5.41) is 10.4. The first kappa shape index (κ1) is 16.1. The molecular formula is C18H21ClN2O2. The number of aromatic nitrogens is 1. The number of carbonyl (C=O) groups is 1. The summed E-state index contributed by atoms with van der Waals surface area (Å²) in [4.78, 5) is 14.6. The van der Waals surface area contributed by atoms with Gasteiger partial charge in [0.15, 0.2) is 0 Å². The summed E-state index contributed by atoms with van der Waals surface area (Å²) in [5.74, 6) is 0.222. The largest absolute Gasteiger partial charge is 0.396 e. The SMILES string of the molecule is Cc1ccc(C(=O)N2C[C@@H](CO)[C@H](c3ccc(Cl)cc3)C2)n1C. The minimum absolute atomic E-state index is 0.0236. The average molecular weight is 333 g/mol. The van der Waals surface area contributed by atoms with Crippen LogP contribution in [0.5, 0.6) is 0 Å². The van der Waals surface area contributed by atoms with E-state index in [4.69, 9.17) is 11.6 Å². The van der Waals surface area contributed by atoms with Gasteiger partial charge >= 0.3 is 0 Å². The molecule has 0 aliphatic carbocycles. The fourth-order valence-electron chi connectivity index (χ4n) is 3.30. The number of hydrogen-bond donors (Lipinski definition) is 1. The predicted octanol–water partition coefficient (Wildman–Crippen LogP) is 2.84. The van der Waals surface area contributed by atoms with Crippen LogP contribution in [0.15, 0.2) is 36.4 Å². The van der Waals surface area contributed by atoms with Gasteiger partial charge in [-0.3, -0.25) is 4.79 Å². The Kier molecular flexibility index (Phi) is 4.46. The zero-order valence-corrected chi connectivity index (χ0v) is 14.1. The van der Waals surface area contributed by atoms with Gasteiger partial charge in [0.05, 0.1) is 0 Å². The van der Waals surface area contributed by atoms with Gasteiger partial charge in [-0.15, -0.1) is 0 Å². The van der Waals surface area contributed by atoms with Crippen LogP contribution in [0.4, 0.5) is 0 Å². The first-order valence-corrected chi connectivity index (χ1v) is 8.17. The Balaban J connectivity index is 1.82. The van der Waals surface area contributed by atoms with Crippen molar-refractivity contribution in [2.24, 2.45) is 13.0 Å². The molecule has 122 valence electrons. The molecule has 0 spiro atoms. The van der Waals surface area contributed by atoms with Crippen LogP contribution in [0, 0.1) is 12.8 Å². The highest BCUT2D eigenvalue weighted by Gasteiger charge is 2.36. The molecule has 1 amide bonds. The van der Waals surface area contributed by atoms with Gasteiger partial charge in [0.2, 0.25) is 0 Å². The molecule has 1 aromatic heterocycles. The molecular weight excluding hydrogens is 312 g/mol. The molecule has 1 fully saturated rings. The predicted molar refractivity (Wildman–Crippen MR) is 90.8 cm³/mol. The number of likely N-dealkylation sites (tertiary alicyclic amines) is 1. The van der Waals surface area contributed by atoms with Crippen molar-refractivity contribution >= 4 is 17.5 Å². The zero-order chi connectivity index (χ0) is 16.6. The van der Waals surface area contributed by atoms with Crippen LogP contribution < -0.4 is 0 Å². The molecule has 1 saturated heterocycles. The molecule has 23 heavy (non-hydrogen) atoms. The average Bonchev–Trinajstić information content (AvgIpc) is 3.12. The number of amides is 1. The Morgan fingerprint density at radius 2 is 1.91 bits per heavy atom. The third-order valence-corrected chi connectivity index (χ3v) is 5.10. The second kappa shape index (κ2) is 6.38. The molecule has 2 heterocycles. The Bertz CT molecular complexity index is 708. The van der Waals surface area contributed by atoms with Crippen LogP contribution in [0.1, 0.15) is 27.7 Å². The highest BCUT2D eigenvalue weighted by molar-refractivity contribution is 6.30. The molecule has 1 aliphatic rings. The maximum Gasteiger partial charge on any atom is 0.270 e. The fourth-order valence-corrected chi connectivity index (χ4v) is 3.43. The first-order chi connectivity index (χ1) is 11.0. The smallest absolute Gasteiger partial charge is 0.270 e. The molecule has 1 N–H and O–H groups in total. The molecule has 2 atom stereocenters. The van der Waals surface area contributed by atoms with Gasteiger partial charge in [0.25, 0.3) is 5.91 Å². The van der Waals surface area contributed by atoms with E-state index in [1.807, 2.05) is 59.8 Å². The molecule has 0 unspecified atom stereocenters. The molecule has 2 aromatic rings. The normalized spacial score (nSPS) is 21.0. The Hall–Kier alpha value is -1.78. The lowest BCUT2D eigenvalue weighted by Crippen LogP contribution is -2.30. The van der Waals surface area contributed by atoms with Gasteiger partial charge in [-0.2, -0.15) is 0 Å². The second-order valence-electron chi connectivity index (χ2n) is 6.23. The van der Waals surface area contributed by atoms with Gasteiger partial charge in [0, 0.05) is 49.3 Å². The Labute approximate surface area is 141 Å². The third-order valence-electron chi connectivity index (χ3n) is 4.85. The van der Waals surface area contributed by atoms with Gasteiger partial charge in [0.1, 0.15) is 5.69 Å². The monoisotopic (exact) mass is 332 g/mol. The van der Waals surface area contributed by atoms with Crippen molar-refractivity contribution in [3.8, 4) is 0 Å². The number of nitrogens with zero attached hydrogens (tertiary/aromatic N) is 2. The van der Waals surface area contributed by atoms with Crippen molar-refractivity contribution < 1.29 is 9.90 Å². The summed E-state index contributed by atoms with van der Waals surface area (Å²) < 4.78 is 1.91. The summed E-state index contributed by atoms with van der Waals surface area (Å²) in [7, 11) is 1.90. The maximum atomic E-state index is 12.8. The number of benzene rings is 1. The molecule has 4 nitrogen and oxygen atoms in total. The van der Waals surface area contributed by atoms with Crippen molar-refractivity contribution in [1.29, 1.82) is 0 Å². The topological polar surface area (TPSA) is 45.5 Å². The summed E-state index contributed by atoms with van der Waals surface area (Å²) in [6.07, 6.45) is 0. The number of aryl methyl sites for hydroxylation is 1. The number of halogens is 1. The minimum Gasteiger partial charge on any atom is -0.396 e. The Morgan fingerprint density at radius 1 is 1.22 bits per heavy atom. The molecule has 1 aliphatic heterocycles. The van der Waals surface area contributed by atoms with Gasteiger partial charge < -0.3 is 14.6 Å². The molecule has 1 aromatic carbocycles. The quantitative estimate of drug-likeness (QED) is 0.939. The van der Waals surface area contributed by atoms with Crippen molar-refractivity contribution in [1.82, 2.24) is 9.47 Å². The molecule has 0 radical (unpaired) electrons. The highest BCUT2D eigenvalue weighted by Crippen LogP contribution is 2.33. The van der Waals surface area contributed by atoms with Crippen LogP contribution in [0.2, 0.25) is 5.02 Å². The van der Waals surface area contributed by atoms with Crippen LogP contribution in [-0.2, 0) is 7.05 Å². The standard InChI is InChI=1S/C18H21ClN2O2/c1-12-3-8-17(20(12)2)18(23)21-9-14(11-22)16(10-21)13-4-6-15(19)7-5-13/h3-8,14,16,22H,9-11H2,1-2H3/t14-,16-/m0/s1. The number of hydrogen-bond acceptors (Lipinski definition) is 2. The number of aliphatic hydroxyl groups is 1. The summed E-state index contributed by atoms with van der Waals surface area (Å²) in [6.45, 7) is 3.25. The van der Waals surface area contributed by atoms with E-state index in [0.717, 1.165) is 11.3 Å². The van der Waals surface area contributed by atoms with Crippen molar-refractivity contribution in [2.75, 3.05) is 19.7 Å². The molecule has 3 rings (SSSR count). The van der Waals surface area contributed by atoms with Gasteiger partial charge in [-0.05, 0) is 36.8 Å². The van der Waals surface area contributed by atoms with Crippen LogP contribution in [0.25, 0.3) is 0 Å². The van der Waals surface area contributed by atoms with E-state index in [1.54, 1.807) is 0 Å². The lowest BCUT2D eigenvalue weighted by atomic mass is 9.90. The van der Waals surface area contributed by atoms with E-state index < -0.39 is 0 Å². The highest BCUT2D eigenvalue weighted by atomic mass is 35.5. The van der Waals surface area contributed by atoms with E-state index in [0.29, 0.717) is 23.8 Å². The fraction of sp³-hybridized carbons (Fsp3) is 0.389. The number of carbonyl (C=O) groups excluding carboxylic acids is 1. The zero-order valence-electron chi connectivity index (χ0n) is 13.4. The van der Waals surface area contributed by atoms with E-state index in [9.17, 15) is 9.90 Å². The Morgan fingerprint density at radius 3 is 2.48 bits per heavy atom. The van der Waals surface area contributed by atoms with E-state index in [1.165, 1.54) is 0 Å². The van der Waals surface area contributed by atoms with Crippen LogP contribution in [0.3, 0.4) is 0 Å². The van der Waals surface area contributed by atoms with Crippen molar-refractivity contribution in [2.45, 2.75) is 12.8 Å². The van der Waals surface area contributed by atoms with Crippen LogP contribution >= 0.6 is 11.6 Å². The summed E-state index contributed by atoms with van der Waals surface area (Å²) in [6, 6.07) is 11.5. The molecule has 0 bridgehead atoms. The van der Waals surface area contributed by atoms with Crippen LogP contribution in [-0.4, -0.2) is 40.2 Å². The van der Waals surface area contributed by atoms with E-state index in [2.05, 4.69) is 0 Å². The van der Waals surface area contributed by atoms with E-state index in [-0.39, 0.29) is 24.3 Å². The van der Waals surface area contributed by atoms with Gasteiger partial charge in [-0.1, -0.05) is 23.7 Å².